The topological polar surface area (TPSA) is 85.3 Å². The number of allylic oxidation sites excluding steroid dienone is 1. The molecule has 2 aromatic carbocycles. The van der Waals surface area contributed by atoms with Crippen LogP contribution in [0.2, 0.25) is 5.02 Å². The van der Waals surface area contributed by atoms with Gasteiger partial charge in [-0.15, -0.1) is 0 Å². The van der Waals surface area contributed by atoms with Gasteiger partial charge in [-0.05, 0) is 111 Å². The Labute approximate surface area is 297 Å². The normalized spacial score (nSPS) is 31.1. The quantitative estimate of drug-likeness (QED) is 0.281. The second kappa shape index (κ2) is 14.9. The minimum Gasteiger partial charge on any atom is -0.490 e. The number of nitrogens with zero attached hydrogens (tertiary/aromatic N) is 2. The van der Waals surface area contributed by atoms with E-state index in [0.29, 0.717) is 49.2 Å². The van der Waals surface area contributed by atoms with E-state index in [0.717, 1.165) is 68.1 Å². The van der Waals surface area contributed by atoms with E-state index in [2.05, 4.69) is 33.5 Å². The van der Waals surface area contributed by atoms with Gasteiger partial charge in [0.15, 0.2) is 0 Å². The molecule has 1 spiro atoms. The Bertz CT molecular complexity index is 1710. The summed E-state index contributed by atoms with van der Waals surface area (Å²) in [7, 11) is -1.29. The molecule has 9 heteroatoms. The molecule has 5 aliphatic rings. The number of carbonyl (C=O) groups is 2. The number of ether oxygens (including phenoxy) is 2. The van der Waals surface area contributed by atoms with Crippen molar-refractivity contribution < 1.29 is 23.3 Å². The lowest BCUT2D eigenvalue weighted by Gasteiger charge is -2.46. The summed E-state index contributed by atoms with van der Waals surface area (Å²) in [6.45, 7) is 2.11. The van der Waals surface area contributed by atoms with Crippen molar-refractivity contribution in [1.82, 2.24) is 0 Å². The fourth-order valence-corrected chi connectivity index (χ4v) is 11.3. The minimum atomic E-state index is -3.08. The first-order valence-corrected chi connectivity index (χ1v) is 20.8. The number of hydrogen-bond acceptors (Lipinski definition) is 6. The number of carbonyl (C=O) groups excluding carboxylic acids is 2. The molecule has 7 nitrogen and oxygen atoms in total. The van der Waals surface area contributed by atoms with Crippen LogP contribution < -0.4 is 9.64 Å². The molecule has 0 aromatic heterocycles. The van der Waals surface area contributed by atoms with Gasteiger partial charge >= 0.3 is 0 Å². The van der Waals surface area contributed by atoms with Crippen LogP contribution in [0.3, 0.4) is 0 Å². The van der Waals surface area contributed by atoms with Crippen molar-refractivity contribution in [3.05, 3.63) is 70.3 Å². The second-order valence-electron chi connectivity index (χ2n) is 15.3. The average Bonchev–Trinajstić information content (AvgIpc) is 3.55. The van der Waals surface area contributed by atoms with Crippen LogP contribution in [0, 0.1) is 17.8 Å². The van der Waals surface area contributed by atoms with Crippen LogP contribution in [-0.2, 0) is 31.1 Å². The van der Waals surface area contributed by atoms with Crippen molar-refractivity contribution in [2.45, 2.75) is 95.0 Å². The zero-order valence-electron chi connectivity index (χ0n) is 28.9. The number of anilines is 1. The van der Waals surface area contributed by atoms with Crippen molar-refractivity contribution in [1.29, 1.82) is 0 Å². The predicted octanol–water partition coefficient (Wildman–Crippen LogP) is 8.35. The predicted molar refractivity (Wildman–Crippen MR) is 196 cm³/mol. The van der Waals surface area contributed by atoms with Crippen LogP contribution in [0.4, 0.5) is 5.69 Å². The summed E-state index contributed by atoms with van der Waals surface area (Å²) < 4.78 is 31.4. The summed E-state index contributed by atoms with van der Waals surface area (Å²) in [5, 5.41) is 0.758. The Balaban J connectivity index is 1.24. The maximum Gasteiger partial charge on any atom is 0.285 e. The number of Topliss-reactive ketones (excluding diaryl/α,β-unsaturated/α-hetero) is 1. The SMILES string of the molecule is CO[C@H]1/C=C/CCC[S@@](=O)(CC(=O)CCC2CCCC2)=NC(=O)c2ccc3c(c2)N(C[C@@H]2CC[C@H]21)C[C@@]1(CCCc2cc(Cl)ccc21)CO3. The third-order valence-corrected chi connectivity index (χ3v) is 14.4. The lowest BCUT2D eigenvalue weighted by Crippen LogP contribution is -2.49. The van der Waals surface area contributed by atoms with Crippen LogP contribution in [-0.4, -0.2) is 60.3 Å². The van der Waals surface area contributed by atoms with Gasteiger partial charge in [-0.1, -0.05) is 55.5 Å². The third kappa shape index (κ3) is 7.67. The molecule has 0 saturated heterocycles. The molecule has 49 heavy (non-hydrogen) atoms. The lowest BCUT2D eigenvalue weighted by molar-refractivity contribution is -0.116. The number of methoxy groups -OCH3 is 1. The van der Waals surface area contributed by atoms with Gasteiger partial charge in [0.1, 0.15) is 11.5 Å². The number of ketones is 1. The Hall–Kier alpha value is -2.68. The molecule has 7 rings (SSSR count). The molecule has 1 amide bonds. The number of fused-ring (bicyclic) bond motifs is 4. The summed E-state index contributed by atoms with van der Waals surface area (Å²) in [6.07, 6.45) is 16.9. The molecular weight excluding hydrogens is 656 g/mol. The third-order valence-electron chi connectivity index (χ3n) is 12.0. The summed E-state index contributed by atoms with van der Waals surface area (Å²) in [5.41, 5.74) is 3.63. The van der Waals surface area contributed by atoms with E-state index >= 15 is 0 Å². The van der Waals surface area contributed by atoms with Crippen molar-refractivity contribution in [2.75, 3.05) is 43.2 Å². The van der Waals surface area contributed by atoms with Gasteiger partial charge < -0.3 is 14.4 Å². The standard InChI is InChI=1S/C40H51ClN2O5S/c1-47-37-11-3-2-6-21-49(46,25-33(44)16-12-28-8-4-5-9-28)42-39(45)30-14-19-38-36(23-30)43(24-31-13-17-34(31)37)26-40(27-48-38)20-7-10-29-22-32(41)15-18-35(29)40/h3,11,14-15,18-19,22-23,28,31,34,37H,2,4-10,12-13,16-17,20-21,24-27H2,1H3/b11-3+/t31-,34+,37-,40-,49+/m0/s1. The largest absolute Gasteiger partial charge is 0.490 e. The van der Waals surface area contributed by atoms with Crippen molar-refractivity contribution >= 4 is 38.7 Å². The molecule has 0 unspecified atom stereocenters. The molecule has 3 aliphatic carbocycles. The maximum absolute atomic E-state index is 14.3. The highest BCUT2D eigenvalue weighted by atomic mass is 35.5. The zero-order chi connectivity index (χ0) is 34.0. The molecule has 2 aromatic rings. The van der Waals surface area contributed by atoms with Gasteiger partial charge in [-0.3, -0.25) is 9.59 Å². The monoisotopic (exact) mass is 706 g/mol. The summed E-state index contributed by atoms with van der Waals surface area (Å²) in [4.78, 5) is 29.5. The number of aryl methyl sites for hydroxylation is 1. The van der Waals surface area contributed by atoms with Crippen molar-refractivity contribution in [3.8, 4) is 5.75 Å². The van der Waals surface area contributed by atoms with E-state index < -0.39 is 15.6 Å². The van der Waals surface area contributed by atoms with Crippen LogP contribution in [0.1, 0.15) is 98.5 Å². The number of amides is 1. The first-order chi connectivity index (χ1) is 23.7. The second-order valence-corrected chi connectivity index (χ2v) is 18.2. The Morgan fingerprint density at radius 2 is 1.96 bits per heavy atom. The van der Waals surface area contributed by atoms with Crippen LogP contribution >= 0.6 is 11.6 Å². The van der Waals surface area contributed by atoms with E-state index in [9.17, 15) is 13.8 Å². The van der Waals surface area contributed by atoms with Gasteiger partial charge in [-0.2, -0.15) is 4.36 Å². The zero-order valence-corrected chi connectivity index (χ0v) is 30.5. The Morgan fingerprint density at radius 3 is 2.76 bits per heavy atom. The van der Waals surface area contributed by atoms with Gasteiger partial charge in [0.2, 0.25) is 0 Å². The first kappa shape index (κ1) is 34.8. The number of benzene rings is 2. The average molecular weight is 707 g/mol. The van der Waals surface area contributed by atoms with E-state index in [4.69, 9.17) is 21.1 Å². The molecule has 0 radical (unpaired) electrons. The van der Waals surface area contributed by atoms with Crippen LogP contribution in [0.15, 0.2) is 52.9 Å². The van der Waals surface area contributed by atoms with Gasteiger partial charge in [0.25, 0.3) is 5.91 Å². The Morgan fingerprint density at radius 1 is 1.10 bits per heavy atom. The smallest absolute Gasteiger partial charge is 0.285 e. The summed E-state index contributed by atoms with van der Waals surface area (Å²) in [5.74, 6) is 1.63. The molecule has 2 bridgehead atoms. The van der Waals surface area contributed by atoms with Crippen molar-refractivity contribution in [2.24, 2.45) is 22.1 Å². The van der Waals surface area contributed by atoms with E-state index in [1.54, 1.807) is 13.2 Å². The highest BCUT2D eigenvalue weighted by molar-refractivity contribution is 7.94. The van der Waals surface area contributed by atoms with E-state index in [1.165, 1.54) is 36.8 Å². The molecule has 264 valence electrons. The first-order valence-electron chi connectivity index (χ1n) is 18.5. The van der Waals surface area contributed by atoms with Gasteiger partial charge in [0, 0.05) is 48.4 Å². The molecule has 5 atom stereocenters. The lowest BCUT2D eigenvalue weighted by atomic mass is 9.68. The fourth-order valence-electron chi connectivity index (χ4n) is 9.18. The minimum absolute atomic E-state index is 0.0000156. The highest BCUT2D eigenvalue weighted by Crippen LogP contribution is 2.47. The maximum atomic E-state index is 14.3. The molecule has 0 N–H and O–H groups in total. The molecule has 2 fully saturated rings. The number of halogens is 1. The Kier molecular flexibility index (Phi) is 10.6. The highest BCUT2D eigenvalue weighted by Gasteiger charge is 2.44. The summed E-state index contributed by atoms with van der Waals surface area (Å²) in [6, 6.07) is 11.8. The van der Waals surface area contributed by atoms with Gasteiger partial charge in [0.05, 0.1) is 33.9 Å². The summed E-state index contributed by atoms with van der Waals surface area (Å²) >= 11 is 6.46. The van der Waals surface area contributed by atoms with Crippen LogP contribution in [0.25, 0.3) is 0 Å². The molecular formula is C40H51ClN2O5S. The van der Waals surface area contributed by atoms with E-state index in [1.807, 2.05) is 18.2 Å². The van der Waals surface area contributed by atoms with Crippen molar-refractivity contribution in [3.63, 3.8) is 0 Å². The fraction of sp³-hybridized carbons (Fsp3) is 0.600. The molecule has 2 aliphatic heterocycles. The van der Waals surface area contributed by atoms with Crippen LogP contribution in [0.5, 0.6) is 5.75 Å². The number of rotatable bonds is 6. The van der Waals surface area contributed by atoms with Gasteiger partial charge in [-0.25, -0.2) is 4.21 Å². The molecule has 2 heterocycles. The molecule has 2 saturated carbocycles. The number of hydrogen-bond donors (Lipinski definition) is 0. The van der Waals surface area contributed by atoms with E-state index in [-0.39, 0.29) is 28.8 Å².